The van der Waals surface area contributed by atoms with Gasteiger partial charge in [0.1, 0.15) is 25.5 Å². The number of para-hydroxylation sites is 2. The third-order valence-corrected chi connectivity index (χ3v) is 8.33. The molecule has 55 heavy (non-hydrogen) atoms. The molecule has 0 fully saturated rings. The Morgan fingerprint density at radius 2 is 1.71 bits per heavy atom. The second-order valence-electron chi connectivity index (χ2n) is 11.1. The molecule has 0 bridgehead atoms. The van der Waals surface area contributed by atoms with Crippen LogP contribution in [0.4, 0.5) is 10.6 Å². The summed E-state index contributed by atoms with van der Waals surface area (Å²) in [5, 5.41) is 29.9. The third-order valence-electron chi connectivity index (χ3n) is 7.08. The highest BCUT2D eigenvalue weighted by molar-refractivity contribution is 7.92. The molecule has 1 aromatic carbocycles. The first-order chi connectivity index (χ1) is 26.5. The second-order valence-corrected chi connectivity index (χ2v) is 12.8. The van der Waals surface area contributed by atoms with E-state index in [-0.39, 0.29) is 85.4 Å². The van der Waals surface area contributed by atoms with Gasteiger partial charge in [0, 0.05) is 18.0 Å². The zero-order valence-electron chi connectivity index (χ0n) is 29.6. The molecule has 4 heterocycles. The van der Waals surface area contributed by atoms with E-state index in [4.69, 9.17) is 38.8 Å². The number of tetrazole rings is 1. The molecule has 23 heteroatoms. The Morgan fingerprint density at radius 3 is 2.40 bits per heavy atom. The van der Waals surface area contributed by atoms with E-state index in [2.05, 4.69) is 50.1 Å². The van der Waals surface area contributed by atoms with E-state index in [0.29, 0.717) is 17.0 Å². The van der Waals surface area contributed by atoms with Crippen LogP contribution in [-0.4, -0.2) is 118 Å². The number of carbonyl (C=O) groups excluding carboxylic acids is 1. The van der Waals surface area contributed by atoms with Gasteiger partial charge in [-0.25, -0.2) is 24.7 Å². The highest BCUT2D eigenvalue weighted by Crippen LogP contribution is 2.41. The molecule has 0 amide bonds. The Kier molecular flexibility index (Phi) is 14.1. The lowest BCUT2D eigenvalue weighted by Gasteiger charge is -2.18. The molecule has 292 valence electrons. The number of hydrogen-bond acceptors (Lipinski definition) is 20. The van der Waals surface area contributed by atoms with Gasteiger partial charge in [-0.2, -0.15) is 13.4 Å². The monoisotopic (exact) mass is 784 g/mol. The topological polar surface area (TPSA) is 278 Å². The number of sulfonamides is 1. The minimum absolute atomic E-state index is 0.0127. The SMILES string of the molecule is COc1ccccc1Oc1c(NS(=O)(=O)c2ccc(C(C)C)cn2)nc(-c2ccnc(-c3nnn[nH]3)c2)nc1OCCOC(=O)OCCOCCON(O)O. The summed E-state index contributed by atoms with van der Waals surface area (Å²) in [6.07, 6.45) is 1.89. The fraction of sp³-hybridized carbons (Fsp3) is 0.312. The van der Waals surface area contributed by atoms with Gasteiger partial charge >= 0.3 is 6.16 Å². The van der Waals surface area contributed by atoms with E-state index in [9.17, 15) is 13.2 Å². The molecule has 0 unspecified atom stereocenters. The molecule has 0 spiro atoms. The van der Waals surface area contributed by atoms with E-state index >= 15 is 0 Å². The number of benzene rings is 1. The van der Waals surface area contributed by atoms with Crippen molar-refractivity contribution in [2.75, 3.05) is 51.5 Å². The number of aromatic amines is 1. The Bertz CT molecular complexity index is 2110. The second kappa shape index (κ2) is 19.3. The first-order valence-electron chi connectivity index (χ1n) is 16.3. The summed E-state index contributed by atoms with van der Waals surface area (Å²) in [6.45, 7) is 2.88. The highest BCUT2D eigenvalue weighted by atomic mass is 32.2. The Morgan fingerprint density at radius 1 is 0.945 bits per heavy atom. The van der Waals surface area contributed by atoms with Crippen molar-refractivity contribution in [3.63, 3.8) is 0 Å². The number of hydrogen-bond donors (Lipinski definition) is 4. The summed E-state index contributed by atoms with van der Waals surface area (Å²) in [5.74, 6) is -0.0783. The molecule has 22 nitrogen and oxygen atoms in total. The number of rotatable bonds is 20. The summed E-state index contributed by atoms with van der Waals surface area (Å²) in [6, 6.07) is 12.7. The van der Waals surface area contributed by atoms with Crippen LogP contribution in [0.25, 0.3) is 22.9 Å². The molecule has 0 saturated carbocycles. The maximum absolute atomic E-state index is 13.8. The van der Waals surface area contributed by atoms with Gasteiger partial charge in [-0.3, -0.25) is 20.1 Å². The number of anilines is 1. The van der Waals surface area contributed by atoms with Gasteiger partial charge in [0.25, 0.3) is 15.9 Å². The maximum atomic E-state index is 13.8. The predicted octanol–water partition coefficient (Wildman–Crippen LogP) is 3.40. The molecule has 5 rings (SSSR count). The van der Waals surface area contributed by atoms with Crippen molar-refractivity contribution in [3.8, 4) is 46.0 Å². The number of methoxy groups -OCH3 is 1. The maximum Gasteiger partial charge on any atom is 0.508 e. The summed E-state index contributed by atoms with van der Waals surface area (Å²) in [7, 11) is -2.96. The van der Waals surface area contributed by atoms with Gasteiger partial charge in [-0.05, 0) is 52.2 Å². The number of pyridine rings is 2. The molecule has 0 aliphatic heterocycles. The van der Waals surface area contributed by atoms with Crippen molar-refractivity contribution in [2.24, 2.45) is 0 Å². The van der Waals surface area contributed by atoms with Crippen LogP contribution in [0.3, 0.4) is 0 Å². The number of nitrogens with one attached hydrogen (secondary N) is 2. The van der Waals surface area contributed by atoms with Crippen molar-refractivity contribution in [2.45, 2.75) is 24.8 Å². The molecule has 0 aliphatic rings. The quantitative estimate of drug-likeness (QED) is 0.0500. The molecule has 0 atom stereocenters. The van der Waals surface area contributed by atoms with Crippen LogP contribution < -0.4 is 18.9 Å². The smallest absolute Gasteiger partial charge is 0.493 e. The molecule has 4 aromatic heterocycles. The highest BCUT2D eigenvalue weighted by Gasteiger charge is 2.26. The normalized spacial score (nSPS) is 11.4. The first-order valence-corrected chi connectivity index (χ1v) is 17.8. The van der Waals surface area contributed by atoms with Crippen LogP contribution in [0.5, 0.6) is 23.1 Å². The van der Waals surface area contributed by atoms with E-state index in [1.807, 2.05) is 13.8 Å². The Labute approximate surface area is 313 Å². The zero-order chi connectivity index (χ0) is 39.2. The molecular formula is C32H36N10O12S. The fourth-order valence-corrected chi connectivity index (χ4v) is 5.37. The lowest BCUT2D eigenvalue weighted by Crippen LogP contribution is -2.20. The number of aromatic nitrogens is 8. The number of nitrogens with zero attached hydrogens (tertiary/aromatic N) is 8. The number of carbonyl (C=O) groups is 1. The summed E-state index contributed by atoms with van der Waals surface area (Å²) < 4.78 is 62.8. The summed E-state index contributed by atoms with van der Waals surface area (Å²) >= 11 is 0. The molecule has 4 N–H and O–H groups in total. The lowest BCUT2D eigenvalue weighted by atomic mass is 10.1. The van der Waals surface area contributed by atoms with E-state index < -0.39 is 21.6 Å². The molecule has 5 aromatic rings. The van der Waals surface area contributed by atoms with Crippen LogP contribution in [0, 0.1) is 0 Å². The van der Waals surface area contributed by atoms with Gasteiger partial charge < -0.3 is 28.4 Å². The van der Waals surface area contributed by atoms with Gasteiger partial charge in [-0.15, -0.1) is 5.10 Å². The van der Waals surface area contributed by atoms with E-state index in [1.54, 1.807) is 42.5 Å². The van der Waals surface area contributed by atoms with Crippen LogP contribution in [0.15, 0.2) is 66.0 Å². The van der Waals surface area contributed by atoms with E-state index in [0.717, 1.165) is 5.56 Å². The minimum Gasteiger partial charge on any atom is -0.493 e. The molecular weight excluding hydrogens is 748 g/mol. The number of H-pyrrole nitrogens is 1. The predicted molar refractivity (Wildman–Crippen MR) is 186 cm³/mol. The zero-order valence-corrected chi connectivity index (χ0v) is 30.4. The van der Waals surface area contributed by atoms with Crippen molar-refractivity contribution in [1.82, 2.24) is 45.9 Å². The van der Waals surface area contributed by atoms with Gasteiger partial charge in [0.05, 0.1) is 32.3 Å². The first kappa shape index (κ1) is 40.1. The largest absolute Gasteiger partial charge is 0.508 e. The van der Waals surface area contributed by atoms with Crippen molar-refractivity contribution < 1.29 is 56.9 Å². The summed E-state index contributed by atoms with van der Waals surface area (Å²) in [4.78, 5) is 34.0. The molecule has 0 radical (unpaired) electrons. The van der Waals surface area contributed by atoms with Crippen LogP contribution >= 0.6 is 0 Å². The van der Waals surface area contributed by atoms with Gasteiger partial charge in [0.15, 0.2) is 34.0 Å². The third kappa shape index (κ3) is 11.4. The Balaban J connectivity index is 1.45. The van der Waals surface area contributed by atoms with Crippen molar-refractivity contribution in [3.05, 3.63) is 66.5 Å². The van der Waals surface area contributed by atoms with Crippen molar-refractivity contribution in [1.29, 1.82) is 0 Å². The molecule has 0 saturated heterocycles. The summed E-state index contributed by atoms with van der Waals surface area (Å²) in [5.41, 5.74) is 1.51. The standard InChI is InChI=1S/C32H36N10O12S/c1-20(2)22-8-9-26(34-19-22)55(46,47)39-30-27(54-25-7-5-4-6-24(25)48-3)31(50-15-16-52-32(43)51-14-12-49-13-17-53-42(44)45)36-28(35-30)21-10-11-33-23(18-21)29-37-40-41-38-29/h4-11,18-20,44-45H,12-17H2,1-3H3,(H,35,36,39)(H,37,38,40,41). The lowest BCUT2D eigenvalue weighted by molar-refractivity contribution is -0.493. The van der Waals surface area contributed by atoms with Crippen LogP contribution in [-0.2, 0) is 29.1 Å². The van der Waals surface area contributed by atoms with E-state index in [1.165, 1.54) is 25.6 Å². The minimum atomic E-state index is -4.39. The van der Waals surface area contributed by atoms with Gasteiger partial charge in [0.2, 0.25) is 5.75 Å². The molecule has 0 aliphatic carbocycles. The Hall–Kier alpha value is -6.11. The van der Waals surface area contributed by atoms with Crippen LogP contribution in [0.2, 0.25) is 0 Å². The average Bonchev–Trinajstić information content (AvgIpc) is 3.73. The average molecular weight is 785 g/mol. The van der Waals surface area contributed by atoms with Gasteiger partial charge in [-0.1, -0.05) is 32.0 Å². The van der Waals surface area contributed by atoms with Crippen molar-refractivity contribution >= 4 is 22.0 Å². The fourth-order valence-electron chi connectivity index (χ4n) is 4.44. The van der Waals surface area contributed by atoms with Crippen LogP contribution in [0.1, 0.15) is 25.3 Å². The number of ether oxygens (including phenoxy) is 6.